The van der Waals surface area contributed by atoms with Gasteiger partial charge in [0.05, 0.1) is 18.6 Å². The lowest BCUT2D eigenvalue weighted by Gasteiger charge is -2.13. The summed E-state index contributed by atoms with van der Waals surface area (Å²) in [5.74, 6) is 0. The second-order valence-electron chi connectivity index (χ2n) is 3.85. The molecule has 0 aliphatic heterocycles. The van der Waals surface area contributed by atoms with Gasteiger partial charge in [-0.3, -0.25) is 0 Å². The maximum atomic E-state index is 10.1. The molecule has 0 saturated carbocycles. The number of aliphatic hydroxyl groups excluding tert-OH is 1. The minimum absolute atomic E-state index is 0.491. The van der Waals surface area contributed by atoms with Gasteiger partial charge in [0, 0.05) is 10.9 Å². The van der Waals surface area contributed by atoms with Gasteiger partial charge in [0.2, 0.25) is 0 Å². The van der Waals surface area contributed by atoms with Crippen LogP contribution in [0, 0.1) is 6.92 Å². The Hall–Kier alpha value is -1.06. The maximum absolute atomic E-state index is 10.1. The third-order valence-corrected chi connectivity index (χ3v) is 3.10. The average Bonchev–Trinajstić information content (AvgIpc) is 2.74. The monoisotopic (exact) mass is 280 g/mol. The maximum Gasteiger partial charge on any atom is 0.0935 e. The molecule has 0 aliphatic rings. The molecule has 2 aromatic rings. The van der Waals surface area contributed by atoms with Crippen LogP contribution in [0.2, 0.25) is 0 Å². The summed E-state index contributed by atoms with van der Waals surface area (Å²) in [6.45, 7) is 2.00. The Morgan fingerprint density at radius 3 is 2.88 bits per heavy atom. The average molecular weight is 281 g/mol. The standard InChI is InChI=1S/C13H13BrO2/c1-9-2-3-11(14)7-12(9)13(15)6-10-4-5-16-8-10/h2-5,7-8,13,15H,6H2,1H3. The van der Waals surface area contributed by atoms with Crippen LogP contribution >= 0.6 is 15.9 Å². The van der Waals surface area contributed by atoms with E-state index in [1.54, 1.807) is 12.5 Å². The quantitative estimate of drug-likeness (QED) is 0.932. The van der Waals surface area contributed by atoms with E-state index in [4.69, 9.17) is 4.42 Å². The van der Waals surface area contributed by atoms with Crippen molar-refractivity contribution in [2.75, 3.05) is 0 Å². The van der Waals surface area contributed by atoms with Crippen molar-refractivity contribution in [3.63, 3.8) is 0 Å². The zero-order valence-electron chi connectivity index (χ0n) is 8.98. The lowest BCUT2D eigenvalue weighted by molar-refractivity contribution is 0.177. The third-order valence-electron chi connectivity index (χ3n) is 2.61. The van der Waals surface area contributed by atoms with Gasteiger partial charge in [-0.05, 0) is 41.8 Å². The number of hydrogen-bond donors (Lipinski definition) is 1. The first-order chi connectivity index (χ1) is 7.66. The van der Waals surface area contributed by atoms with Crippen LogP contribution in [-0.4, -0.2) is 5.11 Å². The Morgan fingerprint density at radius 1 is 1.38 bits per heavy atom. The number of aliphatic hydroxyl groups is 1. The molecule has 2 nitrogen and oxygen atoms in total. The van der Waals surface area contributed by atoms with Crippen molar-refractivity contribution < 1.29 is 9.52 Å². The topological polar surface area (TPSA) is 33.4 Å². The largest absolute Gasteiger partial charge is 0.472 e. The molecule has 16 heavy (non-hydrogen) atoms. The Labute approximate surface area is 103 Å². The molecule has 0 aliphatic carbocycles. The highest BCUT2D eigenvalue weighted by atomic mass is 79.9. The third kappa shape index (κ3) is 2.54. The second-order valence-corrected chi connectivity index (χ2v) is 4.77. The summed E-state index contributed by atoms with van der Waals surface area (Å²) in [7, 11) is 0. The van der Waals surface area contributed by atoms with Crippen molar-refractivity contribution in [3.05, 3.63) is 58.0 Å². The number of furan rings is 1. The summed E-state index contributed by atoms with van der Waals surface area (Å²) in [4.78, 5) is 0. The van der Waals surface area contributed by atoms with Gasteiger partial charge in [0.25, 0.3) is 0 Å². The van der Waals surface area contributed by atoms with Crippen molar-refractivity contribution in [1.29, 1.82) is 0 Å². The summed E-state index contributed by atoms with van der Waals surface area (Å²) < 4.78 is 5.97. The van der Waals surface area contributed by atoms with Crippen LogP contribution in [0.4, 0.5) is 0 Å². The number of benzene rings is 1. The Kier molecular flexibility index (Phi) is 3.46. The van der Waals surface area contributed by atoms with E-state index in [0.717, 1.165) is 21.2 Å². The zero-order valence-corrected chi connectivity index (χ0v) is 10.6. The van der Waals surface area contributed by atoms with Crippen molar-refractivity contribution in [1.82, 2.24) is 0 Å². The molecular formula is C13H13BrO2. The molecule has 1 heterocycles. The number of aryl methyl sites for hydroxylation is 1. The van der Waals surface area contributed by atoms with E-state index in [2.05, 4.69) is 15.9 Å². The van der Waals surface area contributed by atoms with Gasteiger partial charge >= 0.3 is 0 Å². The molecule has 0 radical (unpaired) electrons. The molecule has 0 saturated heterocycles. The van der Waals surface area contributed by atoms with Gasteiger partial charge in [-0.25, -0.2) is 0 Å². The van der Waals surface area contributed by atoms with E-state index >= 15 is 0 Å². The van der Waals surface area contributed by atoms with E-state index in [-0.39, 0.29) is 0 Å². The van der Waals surface area contributed by atoms with E-state index < -0.39 is 6.10 Å². The van der Waals surface area contributed by atoms with E-state index in [9.17, 15) is 5.11 Å². The number of hydrogen-bond acceptors (Lipinski definition) is 2. The van der Waals surface area contributed by atoms with Crippen LogP contribution in [0.3, 0.4) is 0 Å². The molecule has 84 valence electrons. The van der Waals surface area contributed by atoms with Crippen LogP contribution in [0.15, 0.2) is 45.7 Å². The molecule has 1 aromatic carbocycles. The molecule has 1 atom stereocenters. The molecule has 0 bridgehead atoms. The van der Waals surface area contributed by atoms with Crippen LogP contribution in [0.25, 0.3) is 0 Å². The van der Waals surface area contributed by atoms with Crippen LogP contribution < -0.4 is 0 Å². The number of halogens is 1. The van der Waals surface area contributed by atoms with Crippen molar-refractivity contribution in [2.45, 2.75) is 19.4 Å². The van der Waals surface area contributed by atoms with E-state index in [0.29, 0.717) is 6.42 Å². The van der Waals surface area contributed by atoms with E-state index in [1.807, 2.05) is 31.2 Å². The van der Waals surface area contributed by atoms with Gasteiger partial charge in [0.1, 0.15) is 0 Å². The molecule has 1 aromatic heterocycles. The Morgan fingerprint density at radius 2 is 2.19 bits per heavy atom. The summed E-state index contributed by atoms with van der Waals surface area (Å²) in [6.07, 6.45) is 3.37. The summed E-state index contributed by atoms with van der Waals surface area (Å²) >= 11 is 3.41. The van der Waals surface area contributed by atoms with Gasteiger partial charge in [-0.2, -0.15) is 0 Å². The van der Waals surface area contributed by atoms with Gasteiger partial charge in [-0.1, -0.05) is 22.0 Å². The van der Waals surface area contributed by atoms with Crippen LogP contribution in [0.5, 0.6) is 0 Å². The van der Waals surface area contributed by atoms with Crippen LogP contribution in [-0.2, 0) is 6.42 Å². The smallest absolute Gasteiger partial charge is 0.0935 e. The Balaban J connectivity index is 2.20. The number of rotatable bonds is 3. The van der Waals surface area contributed by atoms with Crippen LogP contribution in [0.1, 0.15) is 22.8 Å². The van der Waals surface area contributed by atoms with Gasteiger partial charge in [-0.15, -0.1) is 0 Å². The lowest BCUT2D eigenvalue weighted by atomic mass is 9.99. The normalized spacial score (nSPS) is 12.7. The highest BCUT2D eigenvalue weighted by molar-refractivity contribution is 9.10. The van der Waals surface area contributed by atoms with Crippen molar-refractivity contribution >= 4 is 15.9 Å². The molecule has 0 amide bonds. The molecule has 0 fully saturated rings. The summed E-state index contributed by atoms with van der Waals surface area (Å²) in [5.41, 5.74) is 3.06. The first-order valence-electron chi connectivity index (χ1n) is 5.12. The van der Waals surface area contributed by atoms with E-state index in [1.165, 1.54) is 0 Å². The fourth-order valence-corrected chi connectivity index (χ4v) is 2.09. The highest BCUT2D eigenvalue weighted by Gasteiger charge is 2.12. The molecular weight excluding hydrogens is 268 g/mol. The SMILES string of the molecule is Cc1ccc(Br)cc1C(O)Cc1ccoc1. The predicted octanol–water partition coefficient (Wildman–Crippen LogP) is 3.63. The molecule has 3 heteroatoms. The first-order valence-corrected chi connectivity index (χ1v) is 5.91. The van der Waals surface area contributed by atoms with Crippen molar-refractivity contribution in [3.8, 4) is 0 Å². The minimum Gasteiger partial charge on any atom is -0.472 e. The first kappa shape index (κ1) is 11.4. The zero-order chi connectivity index (χ0) is 11.5. The van der Waals surface area contributed by atoms with Gasteiger partial charge < -0.3 is 9.52 Å². The second kappa shape index (κ2) is 4.85. The summed E-state index contributed by atoms with van der Waals surface area (Å²) in [5, 5.41) is 10.1. The highest BCUT2D eigenvalue weighted by Crippen LogP contribution is 2.25. The van der Waals surface area contributed by atoms with Gasteiger partial charge in [0.15, 0.2) is 0 Å². The molecule has 1 unspecified atom stereocenters. The molecule has 0 spiro atoms. The lowest BCUT2D eigenvalue weighted by Crippen LogP contribution is -2.03. The summed E-state index contributed by atoms with van der Waals surface area (Å²) in [6, 6.07) is 7.80. The predicted molar refractivity (Wildman–Crippen MR) is 66.3 cm³/mol. The minimum atomic E-state index is -0.491. The fraction of sp³-hybridized carbons (Fsp3) is 0.231. The molecule has 1 N–H and O–H groups in total. The molecule has 2 rings (SSSR count). The Bertz CT molecular complexity index is 463. The fourth-order valence-electron chi connectivity index (χ4n) is 1.71. The van der Waals surface area contributed by atoms with Crippen molar-refractivity contribution in [2.24, 2.45) is 0 Å².